The van der Waals surface area contributed by atoms with Crippen molar-refractivity contribution in [2.75, 3.05) is 18.8 Å². The minimum atomic E-state index is -0.732. The number of hydrogen-bond acceptors (Lipinski definition) is 7. The van der Waals surface area contributed by atoms with Crippen LogP contribution in [0.2, 0.25) is 0 Å². The number of nitrogen functional groups attached to an aromatic ring is 1. The topological polar surface area (TPSA) is 123 Å². The fraction of sp³-hybridized carbons (Fsp3) is 0.276. The van der Waals surface area contributed by atoms with Crippen molar-refractivity contribution < 1.29 is 18.3 Å². The summed E-state index contributed by atoms with van der Waals surface area (Å²) in [7, 11) is 0. The van der Waals surface area contributed by atoms with Crippen LogP contribution in [0.25, 0.3) is 22.3 Å². The summed E-state index contributed by atoms with van der Waals surface area (Å²) in [6.07, 6.45) is 6.73. The van der Waals surface area contributed by atoms with E-state index in [1.165, 1.54) is 6.33 Å². The first-order valence-electron chi connectivity index (χ1n) is 13.0. The molecule has 2 aromatic heterocycles. The second-order valence-corrected chi connectivity index (χ2v) is 10.1. The summed E-state index contributed by atoms with van der Waals surface area (Å²) in [6, 6.07) is 11.7. The molecule has 4 aromatic rings. The molecule has 1 saturated carbocycles. The van der Waals surface area contributed by atoms with E-state index in [2.05, 4.69) is 16.0 Å². The third kappa shape index (κ3) is 5.08. The van der Waals surface area contributed by atoms with E-state index >= 15 is 0 Å². The lowest BCUT2D eigenvalue weighted by atomic mass is 10.0. The van der Waals surface area contributed by atoms with Crippen molar-refractivity contribution in [2.24, 2.45) is 5.92 Å². The van der Waals surface area contributed by atoms with Crippen molar-refractivity contribution in [1.29, 1.82) is 5.26 Å². The van der Waals surface area contributed by atoms with E-state index in [0.717, 1.165) is 43.9 Å². The molecule has 1 aliphatic heterocycles. The highest BCUT2D eigenvalue weighted by molar-refractivity contribution is 5.99. The molecule has 9 nitrogen and oxygen atoms in total. The van der Waals surface area contributed by atoms with Crippen molar-refractivity contribution >= 4 is 22.8 Å². The molecule has 0 bridgehead atoms. The van der Waals surface area contributed by atoms with Crippen LogP contribution in [0.3, 0.4) is 0 Å². The SMILES string of the molecule is N#C/C(=C\C1CC1)C(=O)N1CCC[C@H](n2nc(-c3ccc(Oc4cc(F)cc(F)c4)cc3)c3c(N)ncnc32)C1. The number of benzene rings is 2. The molecule has 2 aromatic carbocycles. The fourth-order valence-corrected chi connectivity index (χ4v) is 5.02. The van der Waals surface area contributed by atoms with Crippen LogP contribution in [0.4, 0.5) is 14.6 Å². The minimum Gasteiger partial charge on any atom is -0.457 e. The number of carbonyl (C=O) groups is 1. The molecular weight excluding hydrogens is 516 g/mol. The van der Waals surface area contributed by atoms with Crippen LogP contribution in [0.15, 0.2) is 60.4 Å². The number of nitrogens with two attached hydrogens (primary N) is 1. The van der Waals surface area contributed by atoms with Gasteiger partial charge >= 0.3 is 0 Å². The molecular formula is C29H25F2N7O2. The lowest BCUT2D eigenvalue weighted by Crippen LogP contribution is -2.41. The normalized spacial score (nSPS) is 17.6. The monoisotopic (exact) mass is 541 g/mol. The number of hydrogen-bond donors (Lipinski definition) is 1. The zero-order chi connectivity index (χ0) is 27.8. The summed E-state index contributed by atoms with van der Waals surface area (Å²) >= 11 is 0. The first-order chi connectivity index (χ1) is 19.4. The maximum atomic E-state index is 13.5. The number of halogens is 2. The number of anilines is 1. The Hall–Kier alpha value is -4.85. The quantitative estimate of drug-likeness (QED) is 0.264. The third-order valence-electron chi connectivity index (χ3n) is 7.12. The van der Waals surface area contributed by atoms with Crippen molar-refractivity contribution in [3.8, 4) is 28.8 Å². The smallest absolute Gasteiger partial charge is 0.264 e. The third-order valence-corrected chi connectivity index (χ3v) is 7.12. The summed E-state index contributed by atoms with van der Waals surface area (Å²) < 4.78 is 34.5. The van der Waals surface area contributed by atoms with Crippen LogP contribution in [0.5, 0.6) is 11.5 Å². The van der Waals surface area contributed by atoms with E-state index in [4.69, 9.17) is 15.6 Å². The van der Waals surface area contributed by atoms with Gasteiger partial charge in [-0.3, -0.25) is 4.79 Å². The van der Waals surface area contributed by atoms with Crippen LogP contribution in [0, 0.1) is 28.9 Å². The van der Waals surface area contributed by atoms with Gasteiger partial charge in [0, 0.05) is 36.9 Å². The Bertz CT molecular complexity index is 1650. The highest BCUT2D eigenvalue weighted by atomic mass is 19.1. The molecule has 3 heterocycles. The van der Waals surface area contributed by atoms with Gasteiger partial charge in [0.25, 0.3) is 5.91 Å². The number of nitrogens with zero attached hydrogens (tertiary/aromatic N) is 6. The Morgan fingerprint density at radius 2 is 1.82 bits per heavy atom. The standard InChI is InChI=1S/C29H25F2N7O2/c30-20-11-21(31)13-24(12-20)40-23-7-5-18(6-8-23)26-25-27(33)34-16-35-28(25)38(36-26)22-2-1-9-37(15-22)29(39)19(14-32)10-17-3-4-17/h5-8,10-13,16-17,22H,1-4,9,15H2,(H2,33,34,35)/b19-10+/t22-/m0/s1. The van der Waals surface area contributed by atoms with Crippen LogP contribution in [-0.2, 0) is 4.79 Å². The molecule has 1 atom stereocenters. The van der Waals surface area contributed by atoms with Gasteiger partial charge in [0.1, 0.15) is 52.6 Å². The highest BCUT2D eigenvalue weighted by Gasteiger charge is 2.31. The molecule has 11 heteroatoms. The van der Waals surface area contributed by atoms with E-state index in [-0.39, 0.29) is 29.1 Å². The van der Waals surface area contributed by atoms with Gasteiger partial charge in [0.05, 0.1) is 11.4 Å². The number of rotatable bonds is 6. The first kappa shape index (κ1) is 25.4. The molecule has 202 valence electrons. The number of allylic oxidation sites excluding steroid dienone is 1. The fourth-order valence-electron chi connectivity index (χ4n) is 5.02. The van der Waals surface area contributed by atoms with Crippen molar-refractivity contribution in [3.63, 3.8) is 0 Å². The second kappa shape index (κ2) is 10.4. The molecule has 6 rings (SSSR count). The summed E-state index contributed by atoms with van der Waals surface area (Å²) in [6.45, 7) is 0.957. The van der Waals surface area contributed by atoms with Gasteiger partial charge in [-0.25, -0.2) is 23.4 Å². The zero-order valence-corrected chi connectivity index (χ0v) is 21.4. The zero-order valence-electron chi connectivity index (χ0n) is 21.4. The Labute approximate surface area is 228 Å². The maximum Gasteiger partial charge on any atom is 0.264 e. The first-order valence-corrected chi connectivity index (χ1v) is 13.0. The number of likely N-dealkylation sites (tertiary alicyclic amines) is 1. The van der Waals surface area contributed by atoms with Gasteiger partial charge < -0.3 is 15.4 Å². The van der Waals surface area contributed by atoms with E-state index in [1.807, 2.05) is 0 Å². The number of amides is 1. The van der Waals surface area contributed by atoms with E-state index in [1.54, 1.807) is 39.9 Å². The molecule has 40 heavy (non-hydrogen) atoms. The number of fused-ring (bicyclic) bond motifs is 1. The molecule has 0 unspecified atom stereocenters. The largest absolute Gasteiger partial charge is 0.457 e. The molecule has 0 radical (unpaired) electrons. The molecule has 1 saturated heterocycles. The molecule has 0 spiro atoms. The lowest BCUT2D eigenvalue weighted by molar-refractivity contribution is -0.128. The molecule has 2 N–H and O–H groups in total. The molecule has 2 aliphatic rings. The number of aromatic nitrogens is 4. The van der Waals surface area contributed by atoms with Gasteiger partial charge in [-0.1, -0.05) is 6.08 Å². The molecule has 2 fully saturated rings. The van der Waals surface area contributed by atoms with Crippen LogP contribution in [-0.4, -0.2) is 43.6 Å². The maximum absolute atomic E-state index is 13.5. The Morgan fingerprint density at radius 3 is 2.52 bits per heavy atom. The van der Waals surface area contributed by atoms with Crippen LogP contribution >= 0.6 is 0 Å². The lowest BCUT2D eigenvalue weighted by Gasteiger charge is -2.32. The number of piperidine rings is 1. The van der Waals surface area contributed by atoms with Crippen LogP contribution < -0.4 is 10.5 Å². The predicted octanol–water partition coefficient (Wildman–Crippen LogP) is 5.17. The van der Waals surface area contributed by atoms with Crippen molar-refractivity contribution in [3.05, 3.63) is 72.1 Å². The van der Waals surface area contributed by atoms with Gasteiger partial charge in [0.15, 0.2) is 5.65 Å². The van der Waals surface area contributed by atoms with Crippen LogP contribution in [0.1, 0.15) is 31.7 Å². The summed E-state index contributed by atoms with van der Waals surface area (Å²) in [5.41, 5.74) is 8.30. The molecule has 1 aliphatic carbocycles. The van der Waals surface area contributed by atoms with Gasteiger partial charge in [-0.2, -0.15) is 10.4 Å². The summed E-state index contributed by atoms with van der Waals surface area (Å²) in [5, 5.41) is 15.0. The van der Waals surface area contributed by atoms with Gasteiger partial charge in [0.2, 0.25) is 0 Å². The molecule has 1 amide bonds. The number of carbonyl (C=O) groups excluding carboxylic acids is 1. The van der Waals surface area contributed by atoms with Crippen molar-refractivity contribution in [2.45, 2.75) is 31.7 Å². The van der Waals surface area contributed by atoms with E-state index < -0.39 is 11.6 Å². The highest BCUT2D eigenvalue weighted by Crippen LogP contribution is 2.36. The number of ether oxygens (including phenoxy) is 1. The summed E-state index contributed by atoms with van der Waals surface area (Å²) in [4.78, 5) is 23.5. The van der Waals surface area contributed by atoms with Gasteiger partial charge in [-0.15, -0.1) is 0 Å². The Morgan fingerprint density at radius 1 is 1.07 bits per heavy atom. The number of nitriles is 1. The average molecular weight is 542 g/mol. The van der Waals surface area contributed by atoms with E-state index in [0.29, 0.717) is 47.0 Å². The van der Waals surface area contributed by atoms with E-state index in [9.17, 15) is 18.8 Å². The van der Waals surface area contributed by atoms with Gasteiger partial charge in [-0.05, 0) is 55.9 Å². The van der Waals surface area contributed by atoms with Crippen molar-refractivity contribution in [1.82, 2.24) is 24.6 Å². The minimum absolute atomic E-state index is 0.0422. The predicted molar refractivity (Wildman–Crippen MR) is 143 cm³/mol. The average Bonchev–Trinajstić information content (AvgIpc) is 3.68. The second-order valence-electron chi connectivity index (χ2n) is 10.1. The Balaban J connectivity index is 1.29. The summed E-state index contributed by atoms with van der Waals surface area (Å²) in [5.74, 6) is -0.697. The Kier molecular flexibility index (Phi) is 6.59.